The molecule has 0 aliphatic carbocycles. The highest BCUT2D eigenvalue weighted by Gasteiger charge is 2.20. The van der Waals surface area contributed by atoms with Crippen LogP contribution in [0.4, 0.5) is 5.69 Å². The van der Waals surface area contributed by atoms with Crippen molar-refractivity contribution in [2.75, 3.05) is 18.4 Å². The minimum absolute atomic E-state index is 0.00663. The third kappa shape index (κ3) is 4.11. The minimum atomic E-state index is -0.234. The Morgan fingerprint density at radius 3 is 2.58 bits per heavy atom. The topological polar surface area (TPSA) is 49.4 Å². The zero-order valence-electron chi connectivity index (χ0n) is 13.4. The van der Waals surface area contributed by atoms with Crippen LogP contribution in [0.25, 0.3) is 6.08 Å². The predicted molar refractivity (Wildman–Crippen MR) is 98.2 cm³/mol. The monoisotopic (exact) mass is 340 g/mol. The molecule has 0 atom stereocenters. The highest BCUT2D eigenvalue weighted by atomic mass is 32.1. The molecule has 124 valence electrons. The Hall–Kier alpha value is -2.40. The maximum Gasteiger partial charge on any atom is 0.255 e. The molecule has 1 aromatic heterocycles. The predicted octanol–water partition coefficient (Wildman–Crippen LogP) is 4.03. The zero-order chi connectivity index (χ0) is 16.8. The number of nitrogens with one attached hydrogen (secondary N) is 1. The number of piperidine rings is 1. The fraction of sp³-hybridized carbons (Fsp3) is 0.263. The van der Waals surface area contributed by atoms with E-state index in [0.717, 1.165) is 30.8 Å². The number of hydrogen-bond acceptors (Lipinski definition) is 3. The molecule has 3 rings (SSSR count). The van der Waals surface area contributed by atoms with Crippen LogP contribution in [0, 0.1) is 0 Å². The summed E-state index contributed by atoms with van der Waals surface area (Å²) < 4.78 is 0. The number of carbonyl (C=O) groups is 2. The standard InChI is InChI=1S/C19H20N2O2S/c22-18(11-10-15-7-6-14-24-15)20-17-9-3-2-8-16(17)19(23)21-12-4-1-5-13-21/h2-3,6-11,14H,1,4-5,12-13H2,(H,20,22)/b11-10+. The first kappa shape index (κ1) is 16.5. The Morgan fingerprint density at radius 2 is 1.83 bits per heavy atom. The van der Waals surface area contributed by atoms with Gasteiger partial charge in [0.2, 0.25) is 5.91 Å². The molecule has 0 saturated carbocycles. The molecule has 4 nitrogen and oxygen atoms in total. The number of thiophene rings is 1. The van der Waals surface area contributed by atoms with E-state index in [9.17, 15) is 9.59 Å². The van der Waals surface area contributed by atoms with E-state index in [1.165, 1.54) is 12.5 Å². The van der Waals surface area contributed by atoms with Crippen molar-refractivity contribution in [2.24, 2.45) is 0 Å². The van der Waals surface area contributed by atoms with Crippen molar-refractivity contribution in [3.8, 4) is 0 Å². The number of rotatable bonds is 4. The third-order valence-electron chi connectivity index (χ3n) is 4.00. The molecule has 0 bridgehead atoms. The van der Waals surface area contributed by atoms with Gasteiger partial charge in [0.25, 0.3) is 5.91 Å². The number of likely N-dealkylation sites (tertiary alicyclic amines) is 1. The maximum atomic E-state index is 12.7. The van der Waals surface area contributed by atoms with Crippen LogP contribution < -0.4 is 5.32 Å². The van der Waals surface area contributed by atoms with Crippen LogP contribution in [0.2, 0.25) is 0 Å². The molecule has 0 unspecified atom stereocenters. The van der Waals surface area contributed by atoms with Crippen LogP contribution in [0.15, 0.2) is 47.9 Å². The summed E-state index contributed by atoms with van der Waals surface area (Å²) in [6.45, 7) is 1.58. The molecule has 1 fully saturated rings. The van der Waals surface area contributed by atoms with Crippen molar-refractivity contribution < 1.29 is 9.59 Å². The average Bonchev–Trinajstić information content (AvgIpc) is 3.14. The van der Waals surface area contributed by atoms with E-state index in [-0.39, 0.29) is 11.8 Å². The molecule has 2 aromatic rings. The number of hydrogen-bond donors (Lipinski definition) is 1. The molecule has 24 heavy (non-hydrogen) atoms. The molecule has 0 radical (unpaired) electrons. The number of nitrogens with zero attached hydrogens (tertiary/aromatic N) is 1. The minimum Gasteiger partial charge on any atom is -0.339 e. The average molecular weight is 340 g/mol. The van der Waals surface area contributed by atoms with Gasteiger partial charge in [-0.25, -0.2) is 0 Å². The van der Waals surface area contributed by atoms with E-state index in [2.05, 4.69) is 5.32 Å². The normalized spacial score (nSPS) is 14.8. The number of para-hydroxylation sites is 1. The molecule has 1 N–H and O–H groups in total. The van der Waals surface area contributed by atoms with Crippen molar-refractivity contribution in [3.05, 3.63) is 58.3 Å². The first-order chi connectivity index (χ1) is 11.7. The summed E-state index contributed by atoms with van der Waals surface area (Å²) in [6.07, 6.45) is 6.53. The van der Waals surface area contributed by atoms with E-state index in [1.807, 2.05) is 34.5 Å². The SMILES string of the molecule is O=C(/C=C/c1cccs1)Nc1ccccc1C(=O)N1CCCCC1. The quantitative estimate of drug-likeness (QED) is 0.855. The van der Waals surface area contributed by atoms with E-state index < -0.39 is 0 Å². The first-order valence-electron chi connectivity index (χ1n) is 8.15. The van der Waals surface area contributed by atoms with E-state index in [0.29, 0.717) is 11.3 Å². The van der Waals surface area contributed by atoms with Crippen LogP contribution in [0.1, 0.15) is 34.5 Å². The van der Waals surface area contributed by atoms with Crippen LogP contribution in [-0.4, -0.2) is 29.8 Å². The molecule has 1 aliphatic rings. The number of amides is 2. The van der Waals surface area contributed by atoms with Gasteiger partial charge in [-0.3, -0.25) is 9.59 Å². The third-order valence-corrected chi connectivity index (χ3v) is 4.84. The van der Waals surface area contributed by atoms with Crippen LogP contribution in [0.3, 0.4) is 0 Å². The molecule has 2 heterocycles. The van der Waals surface area contributed by atoms with Gasteiger partial charge in [0.1, 0.15) is 0 Å². The molecule has 5 heteroatoms. The Kier molecular flexibility index (Phi) is 5.43. The van der Waals surface area contributed by atoms with Gasteiger partial charge in [-0.05, 0) is 48.9 Å². The molecule has 2 amide bonds. The van der Waals surface area contributed by atoms with Gasteiger partial charge in [0.15, 0.2) is 0 Å². The van der Waals surface area contributed by atoms with Gasteiger partial charge in [-0.15, -0.1) is 11.3 Å². The summed E-state index contributed by atoms with van der Waals surface area (Å²) in [5.41, 5.74) is 1.12. The summed E-state index contributed by atoms with van der Waals surface area (Å²) in [5, 5.41) is 4.79. The number of anilines is 1. The molecular weight excluding hydrogens is 320 g/mol. The number of benzene rings is 1. The van der Waals surface area contributed by atoms with Crippen LogP contribution >= 0.6 is 11.3 Å². The van der Waals surface area contributed by atoms with Crippen LogP contribution in [-0.2, 0) is 4.79 Å². The Bertz CT molecular complexity index is 732. The second kappa shape index (κ2) is 7.93. The summed E-state index contributed by atoms with van der Waals surface area (Å²) in [6, 6.07) is 11.1. The lowest BCUT2D eigenvalue weighted by Crippen LogP contribution is -2.36. The van der Waals surface area contributed by atoms with Crippen molar-refractivity contribution in [1.29, 1.82) is 0 Å². The number of carbonyl (C=O) groups excluding carboxylic acids is 2. The fourth-order valence-electron chi connectivity index (χ4n) is 2.76. The van der Waals surface area contributed by atoms with Gasteiger partial charge >= 0.3 is 0 Å². The molecule has 1 saturated heterocycles. The van der Waals surface area contributed by atoms with Gasteiger partial charge in [-0.1, -0.05) is 18.2 Å². The van der Waals surface area contributed by atoms with Crippen molar-refractivity contribution in [2.45, 2.75) is 19.3 Å². The molecule has 0 spiro atoms. The van der Waals surface area contributed by atoms with E-state index in [1.54, 1.807) is 29.5 Å². The van der Waals surface area contributed by atoms with Gasteiger partial charge in [0.05, 0.1) is 11.3 Å². The molecular formula is C19H20N2O2S. The van der Waals surface area contributed by atoms with Crippen molar-refractivity contribution in [1.82, 2.24) is 4.90 Å². The lowest BCUT2D eigenvalue weighted by atomic mass is 10.1. The fourth-order valence-corrected chi connectivity index (χ4v) is 3.38. The van der Waals surface area contributed by atoms with E-state index >= 15 is 0 Å². The lowest BCUT2D eigenvalue weighted by Gasteiger charge is -2.27. The zero-order valence-corrected chi connectivity index (χ0v) is 14.2. The van der Waals surface area contributed by atoms with E-state index in [4.69, 9.17) is 0 Å². The van der Waals surface area contributed by atoms with Crippen molar-refractivity contribution in [3.63, 3.8) is 0 Å². The lowest BCUT2D eigenvalue weighted by molar-refractivity contribution is -0.111. The first-order valence-corrected chi connectivity index (χ1v) is 9.03. The smallest absolute Gasteiger partial charge is 0.255 e. The largest absolute Gasteiger partial charge is 0.339 e. The second-order valence-corrected chi connectivity index (χ2v) is 6.72. The Labute approximate surface area is 145 Å². The molecule has 1 aromatic carbocycles. The summed E-state index contributed by atoms with van der Waals surface area (Å²) in [5.74, 6) is -0.241. The molecule has 1 aliphatic heterocycles. The van der Waals surface area contributed by atoms with Gasteiger partial charge < -0.3 is 10.2 Å². The van der Waals surface area contributed by atoms with Crippen molar-refractivity contribution >= 4 is 34.9 Å². The van der Waals surface area contributed by atoms with Gasteiger partial charge in [-0.2, -0.15) is 0 Å². The Balaban J connectivity index is 1.71. The Morgan fingerprint density at radius 1 is 1.04 bits per heavy atom. The maximum absolute atomic E-state index is 12.7. The summed E-state index contributed by atoms with van der Waals surface area (Å²) in [4.78, 5) is 27.7. The second-order valence-electron chi connectivity index (χ2n) is 5.74. The van der Waals surface area contributed by atoms with Crippen LogP contribution in [0.5, 0.6) is 0 Å². The highest BCUT2D eigenvalue weighted by molar-refractivity contribution is 7.10. The summed E-state index contributed by atoms with van der Waals surface area (Å²) >= 11 is 1.57. The van der Waals surface area contributed by atoms with Gasteiger partial charge in [0, 0.05) is 24.0 Å². The summed E-state index contributed by atoms with van der Waals surface area (Å²) in [7, 11) is 0. The highest BCUT2D eigenvalue weighted by Crippen LogP contribution is 2.20.